The highest BCUT2D eigenvalue weighted by Gasteiger charge is 2.77. The standard InChI is InChI=1S/C25H20BrNO6/c1-31-17-12-27-13-18-20(17)24(30)21(22(28)32-2)19(14-6-4-3-5-7-14)25(33-18,23(24)29)15-8-10-16(26)11-9-15/h3-13,19,21,30H,1-2H3/t19?,21-,24-,25-/m0/s1. The molecule has 2 aliphatic rings. The number of halogens is 1. The van der Waals surface area contributed by atoms with Crippen molar-refractivity contribution in [2.75, 3.05) is 14.2 Å². The van der Waals surface area contributed by atoms with Gasteiger partial charge in [0.2, 0.25) is 11.4 Å². The molecule has 8 heteroatoms. The quantitative estimate of drug-likeness (QED) is 0.537. The number of methoxy groups -OCH3 is 2. The highest BCUT2D eigenvalue weighted by Crippen LogP contribution is 2.65. The SMILES string of the molecule is COC(=O)[C@@H]1C(c2ccccc2)[C@]2(c3ccc(Br)cc3)Oc3cncc(OC)c3[C@@]1(O)C2=O. The number of fused-ring (bicyclic) bond motifs is 4. The normalized spacial score (nSPS) is 27.5. The van der Waals surface area contributed by atoms with Crippen LogP contribution < -0.4 is 9.47 Å². The molecule has 1 saturated carbocycles. The lowest BCUT2D eigenvalue weighted by Crippen LogP contribution is -2.51. The van der Waals surface area contributed by atoms with E-state index in [1.807, 2.05) is 30.3 Å². The zero-order valence-electron chi connectivity index (χ0n) is 17.8. The van der Waals surface area contributed by atoms with Crippen LogP contribution in [0.2, 0.25) is 0 Å². The highest BCUT2D eigenvalue weighted by atomic mass is 79.9. The number of carbonyl (C=O) groups is 2. The van der Waals surface area contributed by atoms with Gasteiger partial charge in [-0.1, -0.05) is 58.4 Å². The molecule has 3 aromatic rings. The van der Waals surface area contributed by atoms with Crippen molar-refractivity contribution < 1.29 is 28.9 Å². The van der Waals surface area contributed by atoms with Gasteiger partial charge in [0.05, 0.1) is 38.1 Å². The van der Waals surface area contributed by atoms with Crippen molar-refractivity contribution in [2.24, 2.45) is 5.92 Å². The Hall–Kier alpha value is -3.23. The molecule has 33 heavy (non-hydrogen) atoms. The summed E-state index contributed by atoms with van der Waals surface area (Å²) in [6.07, 6.45) is 2.80. The van der Waals surface area contributed by atoms with Gasteiger partial charge in [0, 0.05) is 10.0 Å². The van der Waals surface area contributed by atoms with Gasteiger partial charge in [-0.05, 0) is 17.7 Å². The molecule has 1 aromatic heterocycles. The fraction of sp³-hybridized carbons (Fsp3) is 0.240. The molecular formula is C25H20BrNO6. The van der Waals surface area contributed by atoms with Crippen molar-refractivity contribution in [3.63, 3.8) is 0 Å². The number of nitrogens with zero attached hydrogens (tertiary/aromatic N) is 1. The van der Waals surface area contributed by atoms with Gasteiger partial charge in [0.25, 0.3) is 0 Å². The van der Waals surface area contributed by atoms with E-state index < -0.39 is 34.8 Å². The van der Waals surface area contributed by atoms with E-state index in [0.29, 0.717) is 11.1 Å². The molecule has 1 fully saturated rings. The molecule has 5 rings (SSSR count). The summed E-state index contributed by atoms with van der Waals surface area (Å²) >= 11 is 3.42. The van der Waals surface area contributed by atoms with Crippen LogP contribution in [0, 0.1) is 5.92 Å². The van der Waals surface area contributed by atoms with Gasteiger partial charge < -0.3 is 19.3 Å². The van der Waals surface area contributed by atoms with Crippen LogP contribution in [0.1, 0.15) is 22.6 Å². The lowest BCUT2D eigenvalue weighted by molar-refractivity contribution is -0.162. The van der Waals surface area contributed by atoms with Crippen molar-refractivity contribution in [3.05, 3.63) is 88.2 Å². The lowest BCUT2D eigenvalue weighted by atomic mass is 9.75. The van der Waals surface area contributed by atoms with Gasteiger partial charge >= 0.3 is 5.97 Å². The monoisotopic (exact) mass is 509 g/mol. The summed E-state index contributed by atoms with van der Waals surface area (Å²) in [6, 6.07) is 16.1. The molecule has 168 valence electrons. The minimum absolute atomic E-state index is 0.0755. The number of hydrogen-bond acceptors (Lipinski definition) is 7. The van der Waals surface area contributed by atoms with E-state index in [4.69, 9.17) is 14.2 Å². The lowest BCUT2D eigenvalue weighted by Gasteiger charge is -2.39. The molecule has 1 unspecified atom stereocenters. The summed E-state index contributed by atoms with van der Waals surface area (Å²) in [7, 11) is 2.64. The van der Waals surface area contributed by atoms with Gasteiger partial charge in [0.15, 0.2) is 5.60 Å². The van der Waals surface area contributed by atoms with Gasteiger partial charge in [-0.2, -0.15) is 0 Å². The smallest absolute Gasteiger partial charge is 0.313 e. The summed E-state index contributed by atoms with van der Waals surface area (Å²) in [5.41, 5.74) is -2.73. The van der Waals surface area contributed by atoms with Crippen molar-refractivity contribution in [1.82, 2.24) is 4.98 Å². The zero-order chi connectivity index (χ0) is 23.4. The van der Waals surface area contributed by atoms with E-state index in [2.05, 4.69) is 20.9 Å². The molecular weight excluding hydrogens is 490 g/mol. The second-order valence-electron chi connectivity index (χ2n) is 8.04. The van der Waals surface area contributed by atoms with Crippen LogP contribution >= 0.6 is 15.9 Å². The number of ketones is 1. The van der Waals surface area contributed by atoms with Crippen LogP contribution in [0.25, 0.3) is 0 Å². The molecule has 7 nitrogen and oxygen atoms in total. The summed E-state index contributed by atoms with van der Waals surface area (Å²) < 4.78 is 17.8. The van der Waals surface area contributed by atoms with Crippen molar-refractivity contribution >= 4 is 27.7 Å². The molecule has 1 N–H and O–H groups in total. The van der Waals surface area contributed by atoms with E-state index >= 15 is 0 Å². The molecule has 2 aromatic carbocycles. The van der Waals surface area contributed by atoms with Crippen LogP contribution in [0.3, 0.4) is 0 Å². The molecule has 0 spiro atoms. The van der Waals surface area contributed by atoms with Crippen LogP contribution in [0.15, 0.2) is 71.5 Å². The van der Waals surface area contributed by atoms with Crippen molar-refractivity contribution in [1.29, 1.82) is 0 Å². The first-order chi connectivity index (χ1) is 15.9. The molecule has 1 aliphatic heterocycles. The van der Waals surface area contributed by atoms with Gasteiger partial charge in [-0.15, -0.1) is 0 Å². The predicted molar refractivity (Wildman–Crippen MR) is 121 cm³/mol. The molecule has 0 saturated heterocycles. The Morgan fingerprint density at radius 2 is 1.79 bits per heavy atom. The number of carbonyl (C=O) groups excluding carboxylic acids is 2. The number of hydrogen-bond donors (Lipinski definition) is 1. The number of aromatic nitrogens is 1. The Balaban J connectivity index is 1.91. The number of ether oxygens (including phenoxy) is 3. The van der Waals surface area contributed by atoms with Gasteiger partial charge in [-0.3, -0.25) is 14.6 Å². The molecule has 2 heterocycles. The second kappa shape index (κ2) is 7.67. The highest BCUT2D eigenvalue weighted by molar-refractivity contribution is 9.10. The third-order valence-corrected chi connectivity index (χ3v) is 7.07. The van der Waals surface area contributed by atoms with Gasteiger partial charge in [0.1, 0.15) is 17.4 Å². The van der Waals surface area contributed by atoms with Crippen molar-refractivity contribution in [2.45, 2.75) is 17.1 Å². The maximum Gasteiger partial charge on any atom is 0.313 e. The zero-order valence-corrected chi connectivity index (χ0v) is 19.4. The summed E-state index contributed by atoms with van der Waals surface area (Å²) in [5.74, 6) is -3.24. The van der Waals surface area contributed by atoms with Crippen molar-refractivity contribution in [3.8, 4) is 11.5 Å². The number of rotatable bonds is 4. The van der Waals surface area contributed by atoms with E-state index in [0.717, 1.165) is 4.47 Å². The fourth-order valence-corrected chi connectivity index (χ4v) is 5.48. The Labute approximate surface area is 198 Å². The Kier molecular flexibility index (Phi) is 5.02. The Bertz CT molecular complexity index is 1250. The van der Waals surface area contributed by atoms with E-state index in [1.165, 1.54) is 26.6 Å². The summed E-state index contributed by atoms with van der Waals surface area (Å²) in [4.78, 5) is 31.7. The van der Waals surface area contributed by atoms with Crippen LogP contribution in [0.4, 0.5) is 0 Å². The van der Waals surface area contributed by atoms with Crippen LogP contribution in [-0.4, -0.2) is 36.1 Å². The first-order valence-electron chi connectivity index (χ1n) is 10.3. The second-order valence-corrected chi connectivity index (χ2v) is 8.96. The van der Waals surface area contributed by atoms with Crippen LogP contribution in [-0.2, 0) is 25.5 Å². The minimum Gasteiger partial charge on any atom is -0.495 e. The molecule has 1 aliphatic carbocycles. The average Bonchev–Trinajstić information content (AvgIpc) is 2.96. The maximum absolute atomic E-state index is 14.3. The molecule has 0 amide bonds. The third kappa shape index (κ3) is 2.80. The van der Waals surface area contributed by atoms with Gasteiger partial charge in [-0.25, -0.2) is 0 Å². The Morgan fingerprint density at radius 3 is 2.42 bits per heavy atom. The first kappa shape index (κ1) is 21.6. The number of pyridine rings is 1. The number of esters is 1. The predicted octanol–water partition coefficient (Wildman–Crippen LogP) is 3.48. The number of aliphatic hydroxyl groups is 1. The van der Waals surface area contributed by atoms with Crippen LogP contribution in [0.5, 0.6) is 11.5 Å². The molecule has 0 radical (unpaired) electrons. The van der Waals surface area contributed by atoms with E-state index in [-0.39, 0.29) is 17.1 Å². The topological polar surface area (TPSA) is 95.0 Å². The number of benzene rings is 2. The average molecular weight is 510 g/mol. The summed E-state index contributed by atoms with van der Waals surface area (Å²) in [5, 5.41) is 12.2. The largest absolute Gasteiger partial charge is 0.495 e. The molecule has 4 atom stereocenters. The maximum atomic E-state index is 14.3. The minimum atomic E-state index is -2.26. The Morgan fingerprint density at radius 1 is 1.09 bits per heavy atom. The summed E-state index contributed by atoms with van der Waals surface area (Å²) in [6.45, 7) is 0. The first-order valence-corrected chi connectivity index (χ1v) is 11.1. The number of Topliss-reactive ketones (excluding diaryl/α,β-unsaturated/α-hetero) is 1. The third-order valence-electron chi connectivity index (χ3n) is 6.54. The van der Waals surface area contributed by atoms with E-state index in [1.54, 1.807) is 24.3 Å². The van der Waals surface area contributed by atoms with E-state index in [9.17, 15) is 14.7 Å². The fourth-order valence-electron chi connectivity index (χ4n) is 5.21. The molecule has 2 bridgehead atoms.